The Labute approximate surface area is 209 Å². The number of esters is 1. The van der Waals surface area contributed by atoms with E-state index in [0.29, 0.717) is 47.2 Å². The van der Waals surface area contributed by atoms with Gasteiger partial charge in [-0.25, -0.2) is 10.2 Å². The second kappa shape index (κ2) is 11.7. The fourth-order valence-corrected chi connectivity index (χ4v) is 3.60. The normalized spacial score (nSPS) is 10.8. The average molecular weight is 483 g/mol. The Hall–Kier alpha value is -4.65. The highest BCUT2D eigenvalue weighted by atomic mass is 16.5. The van der Waals surface area contributed by atoms with Gasteiger partial charge < -0.3 is 14.2 Å². The number of rotatable bonds is 9. The molecular formula is C29H26N2O5. The summed E-state index contributed by atoms with van der Waals surface area (Å²) in [5, 5.41) is 5.91. The van der Waals surface area contributed by atoms with E-state index in [1.165, 1.54) is 6.21 Å². The van der Waals surface area contributed by atoms with Crippen LogP contribution in [0.1, 0.15) is 40.1 Å². The molecule has 0 saturated carbocycles. The van der Waals surface area contributed by atoms with Gasteiger partial charge in [-0.3, -0.25) is 4.79 Å². The molecular weight excluding hydrogens is 456 g/mol. The lowest BCUT2D eigenvalue weighted by atomic mass is 10.0. The number of amides is 1. The van der Waals surface area contributed by atoms with Crippen molar-refractivity contribution in [3.8, 4) is 17.2 Å². The highest BCUT2D eigenvalue weighted by Gasteiger charge is 2.14. The van der Waals surface area contributed by atoms with E-state index < -0.39 is 5.97 Å². The Morgan fingerprint density at radius 3 is 2.03 bits per heavy atom. The van der Waals surface area contributed by atoms with Crippen LogP contribution in [0.15, 0.2) is 90.0 Å². The Morgan fingerprint density at radius 2 is 1.39 bits per heavy atom. The predicted octanol–water partition coefficient (Wildman–Crippen LogP) is 5.62. The molecule has 7 heteroatoms. The second-order valence-corrected chi connectivity index (χ2v) is 7.70. The van der Waals surface area contributed by atoms with Crippen LogP contribution in [0.3, 0.4) is 0 Å². The van der Waals surface area contributed by atoms with Gasteiger partial charge in [0.05, 0.1) is 25.0 Å². The lowest BCUT2D eigenvalue weighted by molar-refractivity contribution is 0.0734. The first kappa shape index (κ1) is 24.5. The van der Waals surface area contributed by atoms with Gasteiger partial charge in [0.15, 0.2) is 0 Å². The molecule has 1 amide bonds. The maximum Gasteiger partial charge on any atom is 0.343 e. The number of fused-ring (bicyclic) bond motifs is 1. The van der Waals surface area contributed by atoms with Crippen molar-refractivity contribution in [3.05, 3.63) is 102 Å². The third-order valence-electron chi connectivity index (χ3n) is 5.32. The van der Waals surface area contributed by atoms with E-state index in [2.05, 4.69) is 10.5 Å². The molecule has 0 heterocycles. The van der Waals surface area contributed by atoms with Crippen molar-refractivity contribution in [1.82, 2.24) is 5.43 Å². The minimum atomic E-state index is -0.513. The minimum absolute atomic E-state index is 0.326. The number of hydrogen-bond donors (Lipinski definition) is 1. The summed E-state index contributed by atoms with van der Waals surface area (Å²) < 4.78 is 16.6. The quantitative estimate of drug-likeness (QED) is 0.145. The molecule has 7 nitrogen and oxygen atoms in total. The van der Waals surface area contributed by atoms with Gasteiger partial charge in [-0.1, -0.05) is 30.3 Å². The summed E-state index contributed by atoms with van der Waals surface area (Å²) in [6, 6.07) is 24.8. The van der Waals surface area contributed by atoms with Crippen molar-refractivity contribution in [3.63, 3.8) is 0 Å². The summed E-state index contributed by atoms with van der Waals surface area (Å²) in [4.78, 5) is 25.4. The van der Waals surface area contributed by atoms with Gasteiger partial charge in [0.25, 0.3) is 5.91 Å². The number of hydrazone groups is 1. The first-order chi connectivity index (χ1) is 17.6. The van der Waals surface area contributed by atoms with Gasteiger partial charge >= 0.3 is 5.97 Å². The number of hydrogen-bond acceptors (Lipinski definition) is 6. The maximum absolute atomic E-state index is 12.8. The summed E-state index contributed by atoms with van der Waals surface area (Å²) in [5.41, 5.74) is 3.93. The fraction of sp³-hybridized carbons (Fsp3) is 0.138. The van der Waals surface area contributed by atoms with Crippen molar-refractivity contribution in [2.75, 3.05) is 13.2 Å². The van der Waals surface area contributed by atoms with Crippen molar-refractivity contribution in [2.24, 2.45) is 5.10 Å². The van der Waals surface area contributed by atoms with Crippen LogP contribution in [0.4, 0.5) is 0 Å². The number of nitrogens with one attached hydrogen (secondary N) is 1. The number of benzene rings is 4. The van der Waals surface area contributed by atoms with Gasteiger partial charge in [0.2, 0.25) is 0 Å². The largest absolute Gasteiger partial charge is 0.494 e. The van der Waals surface area contributed by atoms with Gasteiger partial charge in [-0.15, -0.1) is 0 Å². The molecule has 1 N–H and O–H groups in total. The predicted molar refractivity (Wildman–Crippen MR) is 139 cm³/mol. The van der Waals surface area contributed by atoms with Crippen LogP contribution in [0.2, 0.25) is 0 Å². The van der Waals surface area contributed by atoms with E-state index >= 15 is 0 Å². The fourth-order valence-electron chi connectivity index (χ4n) is 3.60. The molecule has 4 rings (SSSR count). The number of nitrogens with zero attached hydrogens (tertiary/aromatic N) is 1. The van der Waals surface area contributed by atoms with E-state index in [1.54, 1.807) is 54.6 Å². The Balaban J connectivity index is 1.55. The number of ether oxygens (including phenoxy) is 3. The Kier molecular flexibility index (Phi) is 7.93. The highest BCUT2D eigenvalue weighted by Crippen LogP contribution is 2.27. The van der Waals surface area contributed by atoms with Crippen molar-refractivity contribution in [2.45, 2.75) is 13.8 Å². The lowest BCUT2D eigenvalue weighted by Crippen LogP contribution is -2.17. The summed E-state index contributed by atoms with van der Waals surface area (Å²) in [6.45, 7) is 4.88. The topological polar surface area (TPSA) is 86.2 Å². The molecule has 0 fully saturated rings. The minimum Gasteiger partial charge on any atom is -0.494 e. The van der Waals surface area contributed by atoms with E-state index in [9.17, 15) is 9.59 Å². The average Bonchev–Trinajstić information content (AvgIpc) is 2.91. The van der Waals surface area contributed by atoms with E-state index in [1.807, 2.05) is 44.2 Å². The van der Waals surface area contributed by atoms with Crippen molar-refractivity contribution < 1.29 is 23.8 Å². The molecule has 0 saturated heterocycles. The van der Waals surface area contributed by atoms with Crippen LogP contribution in [0.5, 0.6) is 17.2 Å². The molecule has 0 aromatic heterocycles. The molecule has 0 spiro atoms. The standard InChI is InChI=1S/C29H26N2O5/c1-3-34-23-14-9-21(10-15-23)28(32)31-30-19-26-25-8-6-5-7-20(25)13-18-27(26)36-29(33)22-11-16-24(17-12-22)35-4-2/h5-19H,3-4H2,1-2H3,(H,31,32). The first-order valence-electron chi connectivity index (χ1n) is 11.6. The zero-order chi connectivity index (χ0) is 25.3. The zero-order valence-electron chi connectivity index (χ0n) is 20.1. The van der Waals surface area contributed by atoms with Crippen LogP contribution in [-0.4, -0.2) is 31.3 Å². The third-order valence-corrected chi connectivity index (χ3v) is 5.32. The van der Waals surface area contributed by atoms with Crippen molar-refractivity contribution in [1.29, 1.82) is 0 Å². The molecule has 0 radical (unpaired) electrons. The smallest absolute Gasteiger partial charge is 0.343 e. The van der Waals surface area contributed by atoms with E-state index in [-0.39, 0.29) is 5.91 Å². The van der Waals surface area contributed by atoms with Gasteiger partial charge in [-0.05, 0) is 79.2 Å². The molecule has 0 aliphatic rings. The van der Waals surface area contributed by atoms with Gasteiger partial charge in [0, 0.05) is 11.1 Å². The van der Waals surface area contributed by atoms with Crippen LogP contribution in [0, 0.1) is 0 Å². The second-order valence-electron chi connectivity index (χ2n) is 7.70. The lowest BCUT2D eigenvalue weighted by Gasteiger charge is -2.11. The SMILES string of the molecule is CCOc1ccc(C(=O)NN=Cc2c(OC(=O)c3ccc(OCC)cc3)ccc3ccccc23)cc1. The number of carbonyl (C=O) groups excluding carboxylic acids is 2. The monoisotopic (exact) mass is 482 g/mol. The van der Waals surface area contributed by atoms with Crippen LogP contribution < -0.4 is 19.6 Å². The Bertz CT molecular complexity index is 1380. The summed E-state index contributed by atoms with van der Waals surface area (Å²) in [5.74, 6) is 0.804. The molecule has 0 atom stereocenters. The summed E-state index contributed by atoms with van der Waals surface area (Å²) in [7, 11) is 0. The summed E-state index contributed by atoms with van der Waals surface area (Å²) in [6.07, 6.45) is 1.48. The highest BCUT2D eigenvalue weighted by molar-refractivity contribution is 6.04. The first-order valence-corrected chi connectivity index (χ1v) is 11.6. The molecule has 36 heavy (non-hydrogen) atoms. The zero-order valence-corrected chi connectivity index (χ0v) is 20.1. The molecule has 0 aliphatic carbocycles. The molecule has 0 bridgehead atoms. The van der Waals surface area contributed by atoms with Crippen LogP contribution in [0.25, 0.3) is 10.8 Å². The Morgan fingerprint density at radius 1 is 0.778 bits per heavy atom. The van der Waals surface area contributed by atoms with Gasteiger partial charge in [-0.2, -0.15) is 5.10 Å². The van der Waals surface area contributed by atoms with E-state index in [0.717, 1.165) is 10.8 Å². The van der Waals surface area contributed by atoms with E-state index in [4.69, 9.17) is 14.2 Å². The summed E-state index contributed by atoms with van der Waals surface area (Å²) >= 11 is 0. The van der Waals surface area contributed by atoms with Crippen molar-refractivity contribution >= 4 is 28.9 Å². The van der Waals surface area contributed by atoms with Crippen LogP contribution >= 0.6 is 0 Å². The molecule has 0 unspecified atom stereocenters. The number of carbonyl (C=O) groups is 2. The molecule has 0 aliphatic heterocycles. The molecule has 182 valence electrons. The van der Waals surface area contributed by atoms with Crippen LogP contribution in [-0.2, 0) is 0 Å². The molecule has 4 aromatic rings. The maximum atomic E-state index is 12.8. The molecule has 4 aromatic carbocycles. The van der Waals surface area contributed by atoms with Gasteiger partial charge in [0.1, 0.15) is 17.2 Å². The third kappa shape index (κ3) is 5.88.